The highest BCUT2D eigenvalue weighted by molar-refractivity contribution is 4.88. The van der Waals surface area contributed by atoms with Crippen LogP contribution in [0.5, 0.6) is 0 Å². The van der Waals surface area contributed by atoms with Gasteiger partial charge in [-0.15, -0.1) is 0 Å². The average Bonchev–Trinajstić information content (AvgIpc) is 2.46. The molecule has 1 fully saturated rings. The quantitative estimate of drug-likeness (QED) is 0.472. The van der Waals surface area contributed by atoms with Crippen molar-refractivity contribution in [2.24, 2.45) is 5.41 Å². The second-order valence-electron chi connectivity index (χ2n) is 6.07. The molecule has 1 saturated carbocycles. The third-order valence-corrected chi connectivity index (χ3v) is 4.47. The van der Waals surface area contributed by atoms with Crippen molar-refractivity contribution < 1.29 is 14.2 Å². The van der Waals surface area contributed by atoms with Crippen LogP contribution in [-0.4, -0.2) is 52.7 Å². The molecule has 0 unspecified atom stereocenters. The third kappa shape index (κ3) is 8.77. The van der Waals surface area contributed by atoms with Gasteiger partial charge in [-0.3, -0.25) is 0 Å². The summed E-state index contributed by atoms with van der Waals surface area (Å²) in [4.78, 5) is 0. The molecule has 0 aromatic heterocycles. The first kappa shape index (κ1) is 18.9. The molecule has 0 bridgehead atoms. The summed E-state index contributed by atoms with van der Waals surface area (Å²) in [6.07, 6.45) is 7.81. The molecule has 0 radical (unpaired) electrons. The topological polar surface area (TPSA) is 39.7 Å². The van der Waals surface area contributed by atoms with Crippen LogP contribution in [0, 0.1) is 5.41 Å². The van der Waals surface area contributed by atoms with Gasteiger partial charge in [0, 0.05) is 19.7 Å². The van der Waals surface area contributed by atoms with Crippen molar-refractivity contribution in [2.75, 3.05) is 52.7 Å². The van der Waals surface area contributed by atoms with Crippen LogP contribution in [0.1, 0.15) is 52.4 Å². The zero-order chi connectivity index (χ0) is 15.2. The largest absolute Gasteiger partial charge is 0.379 e. The fraction of sp³-hybridized carbons (Fsp3) is 1.00. The van der Waals surface area contributed by atoms with Gasteiger partial charge in [0.05, 0.1) is 33.0 Å². The van der Waals surface area contributed by atoms with Gasteiger partial charge in [0.1, 0.15) is 0 Å². The van der Waals surface area contributed by atoms with Crippen molar-refractivity contribution in [1.82, 2.24) is 5.32 Å². The highest BCUT2D eigenvalue weighted by Gasteiger charge is 2.34. The summed E-state index contributed by atoms with van der Waals surface area (Å²) in [5.74, 6) is 0. The fourth-order valence-electron chi connectivity index (χ4n) is 2.62. The minimum Gasteiger partial charge on any atom is -0.379 e. The average molecular weight is 301 g/mol. The number of unbranched alkanes of at least 4 members (excludes halogenated alkanes) is 1. The van der Waals surface area contributed by atoms with Crippen molar-refractivity contribution in [1.29, 1.82) is 0 Å². The van der Waals surface area contributed by atoms with E-state index in [4.69, 9.17) is 14.2 Å². The van der Waals surface area contributed by atoms with Crippen molar-refractivity contribution in [2.45, 2.75) is 52.4 Å². The Hall–Kier alpha value is -0.160. The smallest absolute Gasteiger partial charge is 0.0701 e. The molecule has 1 aliphatic carbocycles. The van der Waals surface area contributed by atoms with Crippen LogP contribution in [0.2, 0.25) is 0 Å². The molecule has 0 heterocycles. The van der Waals surface area contributed by atoms with Crippen LogP contribution in [0.3, 0.4) is 0 Å². The van der Waals surface area contributed by atoms with E-state index in [2.05, 4.69) is 19.2 Å². The van der Waals surface area contributed by atoms with Crippen molar-refractivity contribution >= 4 is 0 Å². The Morgan fingerprint density at radius 1 is 0.857 bits per heavy atom. The highest BCUT2D eigenvalue weighted by atomic mass is 16.5. The van der Waals surface area contributed by atoms with Crippen molar-refractivity contribution in [3.63, 3.8) is 0 Å². The van der Waals surface area contributed by atoms with Crippen LogP contribution < -0.4 is 5.32 Å². The number of hydrogen-bond acceptors (Lipinski definition) is 4. The van der Waals surface area contributed by atoms with Crippen LogP contribution >= 0.6 is 0 Å². The normalized spacial score (nSPS) is 16.9. The molecule has 0 amide bonds. The van der Waals surface area contributed by atoms with Gasteiger partial charge in [-0.2, -0.15) is 0 Å². The monoisotopic (exact) mass is 301 g/mol. The van der Waals surface area contributed by atoms with E-state index >= 15 is 0 Å². The molecule has 0 aromatic rings. The lowest BCUT2D eigenvalue weighted by atomic mass is 9.67. The second kappa shape index (κ2) is 12.4. The van der Waals surface area contributed by atoms with Gasteiger partial charge in [0.25, 0.3) is 0 Å². The standard InChI is InChI=1S/C17H35NO3/c1-3-5-10-19-12-14-21-15-13-20-11-9-18-16-17(4-2)7-6-8-17/h18H,3-16H2,1-2H3. The maximum absolute atomic E-state index is 5.55. The predicted molar refractivity (Wildman–Crippen MR) is 86.8 cm³/mol. The summed E-state index contributed by atoms with van der Waals surface area (Å²) in [5.41, 5.74) is 0.598. The van der Waals surface area contributed by atoms with E-state index in [9.17, 15) is 0 Å². The first-order chi connectivity index (χ1) is 10.3. The van der Waals surface area contributed by atoms with Crippen LogP contribution in [0.25, 0.3) is 0 Å². The lowest BCUT2D eigenvalue weighted by Gasteiger charge is -2.41. The molecule has 4 heteroatoms. The fourth-order valence-corrected chi connectivity index (χ4v) is 2.62. The van der Waals surface area contributed by atoms with E-state index in [1.165, 1.54) is 32.1 Å². The molecule has 0 aliphatic heterocycles. The summed E-state index contributed by atoms with van der Waals surface area (Å²) in [6, 6.07) is 0. The Morgan fingerprint density at radius 2 is 1.48 bits per heavy atom. The summed E-state index contributed by atoms with van der Waals surface area (Å²) >= 11 is 0. The number of nitrogens with one attached hydrogen (secondary N) is 1. The zero-order valence-corrected chi connectivity index (χ0v) is 14.1. The van der Waals surface area contributed by atoms with Gasteiger partial charge in [-0.05, 0) is 31.1 Å². The Balaban J connectivity index is 1.73. The Morgan fingerprint density at radius 3 is 2.00 bits per heavy atom. The van der Waals surface area contributed by atoms with Gasteiger partial charge in [0.2, 0.25) is 0 Å². The molecule has 1 N–H and O–H groups in total. The molecule has 0 aromatic carbocycles. The zero-order valence-electron chi connectivity index (χ0n) is 14.1. The molecule has 0 atom stereocenters. The van der Waals surface area contributed by atoms with E-state index in [-0.39, 0.29) is 0 Å². The number of rotatable bonds is 15. The molecule has 126 valence electrons. The first-order valence-corrected chi connectivity index (χ1v) is 8.77. The Labute approximate surface area is 130 Å². The van der Waals surface area contributed by atoms with Crippen LogP contribution in [0.4, 0.5) is 0 Å². The molecule has 0 spiro atoms. The minimum absolute atomic E-state index is 0.598. The Bertz CT molecular complexity index is 227. The van der Waals surface area contributed by atoms with Crippen molar-refractivity contribution in [3.8, 4) is 0 Å². The van der Waals surface area contributed by atoms with E-state index in [0.717, 1.165) is 32.7 Å². The maximum atomic E-state index is 5.55. The summed E-state index contributed by atoms with van der Waals surface area (Å²) in [6.45, 7) is 10.9. The van der Waals surface area contributed by atoms with E-state index < -0.39 is 0 Å². The second-order valence-corrected chi connectivity index (χ2v) is 6.07. The molecule has 21 heavy (non-hydrogen) atoms. The van der Waals surface area contributed by atoms with E-state index in [0.29, 0.717) is 31.8 Å². The SMILES string of the molecule is CCCCOCCOCCOCCNCC1(CC)CCC1. The van der Waals surface area contributed by atoms with Crippen LogP contribution in [-0.2, 0) is 14.2 Å². The van der Waals surface area contributed by atoms with E-state index in [1.807, 2.05) is 0 Å². The third-order valence-electron chi connectivity index (χ3n) is 4.47. The molecule has 1 aliphatic rings. The molecule has 1 rings (SSSR count). The number of ether oxygens (including phenoxy) is 3. The molecular formula is C17H35NO3. The maximum Gasteiger partial charge on any atom is 0.0701 e. The van der Waals surface area contributed by atoms with Gasteiger partial charge in [-0.25, -0.2) is 0 Å². The summed E-state index contributed by atoms with van der Waals surface area (Å²) in [5, 5.41) is 3.52. The lowest BCUT2D eigenvalue weighted by Crippen LogP contribution is -2.40. The van der Waals surface area contributed by atoms with E-state index in [1.54, 1.807) is 0 Å². The van der Waals surface area contributed by atoms with Crippen LogP contribution in [0.15, 0.2) is 0 Å². The summed E-state index contributed by atoms with van der Waals surface area (Å²) in [7, 11) is 0. The highest BCUT2D eigenvalue weighted by Crippen LogP contribution is 2.42. The first-order valence-electron chi connectivity index (χ1n) is 8.77. The Kier molecular flexibility index (Phi) is 11.1. The van der Waals surface area contributed by atoms with Gasteiger partial charge in [-0.1, -0.05) is 26.7 Å². The molecular weight excluding hydrogens is 266 g/mol. The van der Waals surface area contributed by atoms with Gasteiger partial charge in [0.15, 0.2) is 0 Å². The van der Waals surface area contributed by atoms with Gasteiger partial charge >= 0.3 is 0 Å². The number of hydrogen-bond donors (Lipinski definition) is 1. The van der Waals surface area contributed by atoms with Crippen molar-refractivity contribution in [3.05, 3.63) is 0 Å². The lowest BCUT2D eigenvalue weighted by molar-refractivity contribution is 0.0139. The molecule has 0 saturated heterocycles. The van der Waals surface area contributed by atoms with Gasteiger partial charge < -0.3 is 19.5 Å². The molecule has 4 nitrogen and oxygen atoms in total. The predicted octanol–water partition coefficient (Wildman–Crippen LogP) is 3.01. The summed E-state index contributed by atoms with van der Waals surface area (Å²) < 4.78 is 16.4. The minimum atomic E-state index is 0.598.